The summed E-state index contributed by atoms with van der Waals surface area (Å²) in [5.74, 6) is -0.000244. The summed E-state index contributed by atoms with van der Waals surface area (Å²) < 4.78 is 5.74. The topological polar surface area (TPSA) is 50.4 Å². The van der Waals surface area contributed by atoms with Crippen LogP contribution in [0.3, 0.4) is 0 Å². The Morgan fingerprint density at radius 1 is 1.26 bits per heavy atom. The van der Waals surface area contributed by atoms with Crippen LogP contribution in [0.4, 0.5) is 5.69 Å². The van der Waals surface area contributed by atoms with Gasteiger partial charge in [-0.05, 0) is 37.0 Å². The SMILES string of the molecule is CCC1=CC=C(C(=O)Nc2ccc(C3CNCCO3)cc2)CC1. The number of hydrogen-bond donors (Lipinski definition) is 2. The minimum Gasteiger partial charge on any atom is -0.371 e. The summed E-state index contributed by atoms with van der Waals surface area (Å²) in [5.41, 5.74) is 4.23. The number of allylic oxidation sites excluding steroid dienone is 3. The summed E-state index contributed by atoms with van der Waals surface area (Å²) >= 11 is 0. The van der Waals surface area contributed by atoms with Crippen molar-refractivity contribution in [3.63, 3.8) is 0 Å². The van der Waals surface area contributed by atoms with Crippen molar-refractivity contribution in [3.05, 3.63) is 53.1 Å². The third-order valence-electron chi connectivity index (χ3n) is 4.45. The predicted octanol–water partition coefficient (Wildman–Crippen LogP) is 3.34. The van der Waals surface area contributed by atoms with Gasteiger partial charge in [-0.25, -0.2) is 0 Å². The van der Waals surface area contributed by atoms with Gasteiger partial charge in [0.1, 0.15) is 0 Å². The first-order chi connectivity index (χ1) is 11.3. The van der Waals surface area contributed by atoms with Crippen molar-refractivity contribution in [1.82, 2.24) is 5.32 Å². The molecule has 1 aromatic carbocycles. The predicted molar refractivity (Wildman–Crippen MR) is 92.3 cm³/mol. The second kappa shape index (κ2) is 7.57. The first-order valence-corrected chi connectivity index (χ1v) is 8.38. The second-order valence-corrected chi connectivity index (χ2v) is 6.01. The monoisotopic (exact) mass is 312 g/mol. The fourth-order valence-corrected chi connectivity index (χ4v) is 2.94. The lowest BCUT2D eigenvalue weighted by Crippen LogP contribution is -2.33. The molecule has 3 rings (SSSR count). The summed E-state index contributed by atoms with van der Waals surface area (Å²) in [4.78, 5) is 12.3. The Bertz CT molecular complexity index is 611. The highest BCUT2D eigenvalue weighted by Gasteiger charge is 2.16. The Labute approximate surface area is 137 Å². The molecule has 2 aliphatic rings. The van der Waals surface area contributed by atoms with E-state index in [1.165, 1.54) is 5.57 Å². The molecule has 0 saturated carbocycles. The van der Waals surface area contributed by atoms with Crippen molar-refractivity contribution in [2.24, 2.45) is 0 Å². The normalized spacial score (nSPS) is 21.3. The first-order valence-electron chi connectivity index (χ1n) is 8.38. The van der Waals surface area contributed by atoms with Crippen LogP contribution in [-0.4, -0.2) is 25.6 Å². The van der Waals surface area contributed by atoms with E-state index in [2.05, 4.69) is 23.6 Å². The van der Waals surface area contributed by atoms with Crippen LogP contribution in [0.15, 0.2) is 47.6 Å². The van der Waals surface area contributed by atoms with Crippen molar-refractivity contribution >= 4 is 11.6 Å². The van der Waals surface area contributed by atoms with Crippen molar-refractivity contribution in [3.8, 4) is 0 Å². The number of rotatable bonds is 4. The second-order valence-electron chi connectivity index (χ2n) is 6.01. The van der Waals surface area contributed by atoms with Crippen molar-refractivity contribution in [1.29, 1.82) is 0 Å². The van der Waals surface area contributed by atoms with E-state index in [0.717, 1.165) is 55.8 Å². The molecule has 1 amide bonds. The molecule has 122 valence electrons. The molecule has 0 spiro atoms. The number of benzene rings is 1. The maximum absolute atomic E-state index is 12.3. The Hall–Kier alpha value is -1.91. The number of nitrogens with one attached hydrogen (secondary N) is 2. The maximum Gasteiger partial charge on any atom is 0.251 e. The van der Waals surface area contributed by atoms with Crippen LogP contribution in [0.5, 0.6) is 0 Å². The first kappa shape index (κ1) is 16.0. The van der Waals surface area contributed by atoms with Gasteiger partial charge in [-0.15, -0.1) is 0 Å². The molecule has 1 fully saturated rings. The molecular weight excluding hydrogens is 288 g/mol. The smallest absolute Gasteiger partial charge is 0.251 e. The van der Waals surface area contributed by atoms with Crippen LogP contribution in [-0.2, 0) is 9.53 Å². The van der Waals surface area contributed by atoms with E-state index in [9.17, 15) is 4.79 Å². The van der Waals surface area contributed by atoms with Gasteiger partial charge < -0.3 is 15.4 Å². The molecule has 0 radical (unpaired) electrons. The van der Waals surface area contributed by atoms with Gasteiger partial charge in [0.05, 0.1) is 12.7 Å². The highest BCUT2D eigenvalue weighted by atomic mass is 16.5. The lowest BCUT2D eigenvalue weighted by Gasteiger charge is -2.24. The fourth-order valence-electron chi connectivity index (χ4n) is 2.94. The van der Waals surface area contributed by atoms with Gasteiger partial charge in [0.15, 0.2) is 0 Å². The summed E-state index contributed by atoms with van der Waals surface area (Å²) in [6.07, 6.45) is 7.01. The number of carbonyl (C=O) groups is 1. The molecule has 1 saturated heterocycles. The molecule has 0 bridgehead atoms. The van der Waals surface area contributed by atoms with Crippen LogP contribution in [0.2, 0.25) is 0 Å². The standard InChI is InChI=1S/C19H24N2O2/c1-2-14-3-5-16(6-4-14)19(22)21-17-9-7-15(8-10-17)18-13-20-11-12-23-18/h3,5,7-10,18,20H,2,4,6,11-13H2,1H3,(H,21,22). The van der Waals surface area contributed by atoms with E-state index in [0.29, 0.717) is 0 Å². The van der Waals surface area contributed by atoms with E-state index in [-0.39, 0.29) is 12.0 Å². The van der Waals surface area contributed by atoms with E-state index in [1.807, 2.05) is 30.3 Å². The van der Waals surface area contributed by atoms with Crippen molar-refractivity contribution in [2.45, 2.75) is 32.3 Å². The van der Waals surface area contributed by atoms with E-state index in [1.54, 1.807) is 0 Å². The largest absolute Gasteiger partial charge is 0.371 e. The maximum atomic E-state index is 12.3. The molecule has 1 unspecified atom stereocenters. The van der Waals surface area contributed by atoms with Crippen LogP contribution in [0, 0.1) is 0 Å². The lowest BCUT2D eigenvalue weighted by molar-refractivity contribution is -0.113. The highest BCUT2D eigenvalue weighted by molar-refractivity contribution is 6.04. The van der Waals surface area contributed by atoms with Crippen LogP contribution < -0.4 is 10.6 Å². The molecule has 1 heterocycles. The van der Waals surface area contributed by atoms with Gasteiger partial charge >= 0.3 is 0 Å². The number of ether oxygens (including phenoxy) is 1. The summed E-state index contributed by atoms with van der Waals surface area (Å²) in [6, 6.07) is 7.94. The summed E-state index contributed by atoms with van der Waals surface area (Å²) in [5, 5.41) is 6.31. The number of amides is 1. The quantitative estimate of drug-likeness (QED) is 0.896. The van der Waals surface area contributed by atoms with Gasteiger partial charge in [-0.2, -0.15) is 0 Å². The fraction of sp³-hybridized carbons (Fsp3) is 0.421. The van der Waals surface area contributed by atoms with Crippen LogP contribution in [0.25, 0.3) is 0 Å². The highest BCUT2D eigenvalue weighted by Crippen LogP contribution is 2.23. The Kier molecular flexibility index (Phi) is 5.26. The molecule has 23 heavy (non-hydrogen) atoms. The zero-order valence-electron chi connectivity index (χ0n) is 13.6. The summed E-state index contributed by atoms with van der Waals surface area (Å²) in [6.45, 7) is 4.64. The van der Waals surface area contributed by atoms with Gasteiger partial charge in [0.25, 0.3) is 5.91 Å². The van der Waals surface area contributed by atoms with Gasteiger partial charge in [-0.1, -0.05) is 36.8 Å². The summed E-state index contributed by atoms with van der Waals surface area (Å²) in [7, 11) is 0. The Morgan fingerprint density at radius 3 is 2.70 bits per heavy atom. The van der Waals surface area contributed by atoms with Crippen molar-refractivity contribution < 1.29 is 9.53 Å². The van der Waals surface area contributed by atoms with E-state index < -0.39 is 0 Å². The number of hydrogen-bond acceptors (Lipinski definition) is 3. The molecule has 0 aromatic heterocycles. The van der Waals surface area contributed by atoms with E-state index >= 15 is 0 Å². The molecule has 1 atom stereocenters. The zero-order chi connectivity index (χ0) is 16.1. The lowest BCUT2D eigenvalue weighted by atomic mass is 9.96. The van der Waals surface area contributed by atoms with Crippen LogP contribution >= 0.6 is 0 Å². The van der Waals surface area contributed by atoms with Gasteiger partial charge in [0, 0.05) is 24.4 Å². The Morgan fingerprint density at radius 2 is 2.09 bits per heavy atom. The molecule has 1 aliphatic heterocycles. The molecule has 4 nitrogen and oxygen atoms in total. The molecular formula is C19H24N2O2. The average molecular weight is 312 g/mol. The van der Waals surface area contributed by atoms with Crippen LogP contribution in [0.1, 0.15) is 37.9 Å². The Balaban J connectivity index is 1.61. The minimum atomic E-state index is -0.000244. The number of anilines is 1. The van der Waals surface area contributed by atoms with E-state index in [4.69, 9.17) is 4.74 Å². The molecule has 1 aromatic rings. The number of morpholine rings is 1. The molecule has 4 heteroatoms. The van der Waals surface area contributed by atoms with Gasteiger partial charge in [-0.3, -0.25) is 4.79 Å². The number of carbonyl (C=O) groups excluding carboxylic acids is 1. The third-order valence-corrected chi connectivity index (χ3v) is 4.45. The minimum absolute atomic E-state index is 0.000244. The molecule has 2 N–H and O–H groups in total. The molecule has 1 aliphatic carbocycles. The zero-order valence-corrected chi connectivity index (χ0v) is 13.6. The van der Waals surface area contributed by atoms with Crippen molar-refractivity contribution in [2.75, 3.05) is 25.0 Å². The van der Waals surface area contributed by atoms with Gasteiger partial charge in [0.2, 0.25) is 0 Å². The average Bonchev–Trinajstić information content (AvgIpc) is 2.63. The third kappa shape index (κ3) is 4.09.